The standard InChI is InChI=1S/C57H50N3O.Pt/c1-37-20-29-51(49(32-37)41-25-27-45(28-26-41)56(2,3)4)60-52-18-13-17-47(54(52)59-55(60)48-16-11-12-19-53(48)61)43-33-44(35-46(34-43)57(5,6)7)50-36-42(30-31-58-50)40-23-21-39(22-24-40)38-14-9-8-10-15-38;/h8-32,34-36,61H,1-7H3;/q-1;/i1D3;. The molecule has 0 aliphatic carbocycles. The Labute approximate surface area is 384 Å². The molecule has 1 N–H and O–H groups in total. The summed E-state index contributed by atoms with van der Waals surface area (Å²) in [7, 11) is 0. The van der Waals surface area contributed by atoms with Crippen molar-refractivity contribution in [1.29, 1.82) is 0 Å². The number of phenolic OH excluding ortho intramolecular Hbond substituents is 1. The summed E-state index contributed by atoms with van der Waals surface area (Å²) in [5.41, 5.74) is 14.5. The topological polar surface area (TPSA) is 50.9 Å². The van der Waals surface area contributed by atoms with Gasteiger partial charge in [-0.3, -0.25) is 9.55 Å². The summed E-state index contributed by atoms with van der Waals surface area (Å²) in [6.45, 7) is 10.8. The SMILES string of the molecule is [2H]C([2H])([2H])c1ccc(-n2c(-c3ccccc3O)nc3c(-c4[c-]c(-c5cc(-c6ccc(-c7ccccc7)cc6)ccn5)cc(C(C)(C)C)c4)cccc32)c(-c2ccc(C(C)(C)C)cc2)c1.[Pt]. The third-order valence-electron chi connectivity index (χ3n) is 11.5. The molecule has 0 bridgehead atoms. The van der Waals surface area contributed by atoms with Crippen LogP contribution in [0.4, 0.5) is 0 Å². The van der Waals surface area contributed by atoms with E-state index in [1.807, 2.05) is 53.2 Å². The molecule has 4 nitrogen and oxygen atoms in total. The quantitative estimate of drug-likeness (QED) is 0.162. The van der Waals surface area contributed by atoms with Gasteiger partial charge in [-0.15, -0.1) is 29.3 Å². The van der Waals surface area contributed by atoms with E-state index in [9.17, 15) is 5.11 Å². The van der Waals surface area contributed by atoms with E-state index in [0.29, 0.717) is 16.9 Å². The summed E-state index contributed by atoms with van der Waals surface area (Å²) in [6, 6.07) is 58.3. The van der Waals surface area contributed by atoms with E-state index in [1.165, 1.54) is 11.1 Å². The van der Waals surface area contributed by atoms with E-state index >= 15 is 0 Å². The van der Waals surface area contributed by atoms with Crippen LogP contribution in [0.3, 0.4) is 0 Å². The summed E-state index contributed by atoms with van der Waals surface area (Å²) >= 11 is 0. The van der Waals surface area contributed by atoms with Gasteiger partial charge in [0.25, 0.3) is 0 Å². The Morgan fingerprint density at radius 2 is 1.18 bits per heavy atom. The summed E-state index contributed by atoms with van der Waals surface area (Å²) < 4.78 is 27.1. The molecule has 5 heteroatoms. The maximum Gasteiger partial charge on any atom is 0.148 e. The van der Waals surface area contributed by atoms with Crippen LogP contribution in [-0.2, 0) is 31.9 Å². The number of hydrogen-bond acceptors (Lipinski definition) is 3. The third-order valence-corrected chi connectivity index (χ3v) is 11.5. The largest absolute Gasteiger partial charge is 0.507 e. The van der Waals surface area contributed by atoms with Crippen LogP contribution in [0, 0.1) is 12.9 Å². The number of para-hydroxylation sites is 2. The molecule has 7 aromatic carbocycles. The van der Waals surface area contributed by atoms with Gasteiger partial charge in [-0.25, -0.2) is 4.98 Å². The minimum atomic E-state index is -2.32. The van der Waals surface area contributed by atoms with Gasteiger partial charge in [-0.1, -0.05) is 173 Å². The molecule has 9 rings (SSSR count). The van der Waals surface area contributed by atoms with Crippen LogP contribution in [-0.4, -0.2) is 19.6 Å². The molecule has 0 aliphatic heterocycles. The second-order valence-electron chi connectivity index (χ2n) is 17.8. The van der Waals surface area contributed by atoms with E-state index in [4.69, 9.17) is 14.1 Å². The zero-order valence-electron chi connectivity index (χ0n) is 38.8. The maximum atomic E-state index is 11.4. The number of nitrogens with zero attached hydrogens (tertiary/aromatic N) is 3. The van der Waals surface area contributed by atoms with Crippen molar-refractivity contribution in [1.82, 2.24) is 14.5 Å². The molecule has 0 amide bonds. The fourth-order valence-electron chi connectivity index (χ4n) is 8.05. The van der Waals surface area contributed by atoms with Crippen molar-refractivity contribution in [2.24, 2.45) is 0 Å². The van der Waals surface area contributed by atoms with Gasteiger partial charge >= 0.3 is 0 Å². The molecule has 0 saturated carbocycles. The molecular weight excluding hydrogens is 938 g/mol. The van der Waals surface area contributed by atoms with E-state index < -0.39 is 6.85 Å². The monoisotopic (exact) mass is 990 g/mol. The zero-order valence-corrected chi connectivity index (χ0v) is 38.0. The van der Waals surface area contributed by atoms with Gasteiger partial charge in [-0.05, 0) is 87.5 Å². The van der Waals surface area contributed by atoms with Gasteiger partial charge in [0, 0.05) is 42.6 Å². The fraction of sp³-hybridized carbons (Fsp3) is 0.158. The van der Waals surface area contributed by atoms with Crippen molar-refractivity contribution in [3.63, 3.8) is 0 Å². The Kier molecular flexibility index (Phi) is 10.5. The number of phenols is 1. The van der Waals surface area contributed by atoms with Gasteiger partial charge in [-0.2, -0.15) is 0 Å². The molecule has 0 spiro atoms. The van der Waals surface area contributed by atoms with Crippen LogP contribution in [0.15, 0.2) is 170 Å². The first kappa shape index (κ1) is 38.6. The van der Waals surface area contributed by atoms with Gasteiger partial charge in [0.1, 0.15) is 11.6 Å². The number of aromatic hydroxyl groups is 1. The first-order valence-corrected chi connectivity index (χ1v) is 20.8. The molecule has 0 atom stereocenters. The van der Waals surface area contributed by atoms with Gasteiger partial charge in [0.2, 0.25) is 0 Å². The average molecular weight is 991 g/mol. The van der Waals surface area contributed by atoms with Crippen molar-refractivity contribution < 1.29 is 30.3 Å². The van der Waals surface area contributed by atoms with Crippen molar-refractivity contribution in [2.75, 3.05) is 0 Å². The molecule has 310 valence electrons. The average Bonchev–Trinajstić information content (AvgIpc) is 3.68. The molecule has 62 heavy (non-hydrogen) atoms. The minimum Gasteiger partial charge on any atom is -0.507 e. The molecule has 0 fully saturated rings. The van der Waals surface area contributed by atoms with Crippen molar-refractivity contribution in [2.45, 2.75) is 59.2 Å². The van der Waals surface area contributed by atoms with Crippen LogP contribution < -0.4 is 0 Å². The second-order valence-corrected chi connectivity index (χ2v) is 17.8. The van der Waals surface area contributed by atoms with Gasteiger partial charge < -0.3 is 5.11 Å². The minimum absolute atomic E-state index is 0. The predicted molar refractivity (Wildman–Crippen MR) is 254 cm³/mol. The second kappa shape index (κ2) is 16.8. The Morgan fingerprint density at radius 1 is 0.548 bits per heavy atom. The van der Waals surface area contributed by atoms with Crippen molar-refractivity contribution in [3.8, 4) is 78.6 Å². The van der Waals surface area contributed by atoms with Crippen LogP contribution in [0.1, 0.15) is 62.3 Å². The Morgan fingerprint density at radius 3 is 1.87 bits per heavy atom. The zero-order chi connectivity index (χ0) is 45.0. The smallest absolute Gasteiger partial charge is 0.148 e. The number of imidazole rings is 1. The first-order valence-electron chi connectivity index (χ1n) is 22.3. The molecule has 0 saturated heterocycles. The molecule has 2 aromatic heterocycles. The molecule has 0 aliphatic rings. The summed E-state index contributed by atoms with van der Waals surface area (Å²) in [5.74, 6) is 0.606. The Bertz CT molecular complexity index is 3160. The van der Waals surface area contributed by atoms with Crippen molar-refractivity contribution >= 4 is 11.0 Å². The Hall–Kier alpha value is -6.35. The first-order chi connectivity index (χ1) is 30.5. The fourth-order valence-corrected chi connectivity index (χ4v) is 8.05. The third kappa shape index (κ3) is 8.33. The van der Waals surface area contributed by atoms with E-state index in [1.54, 1.807) is 24.3 Å². The van der Waals surface area contributed by atoms with Crippen LogP contribution >= 0.6 is 0 Å². The Balaban J connectivity index is 0.00000576. The van der Waals surface area contributed by atoms with Crippen LogP contribution in [0.5, 0.6) is 5.75 Å². The summed E-state index contributed by atoms with van der Waals surface area (Å²) in [6.07, 6.45) is 1.86. The normalized spacial score (nSPS) is 12.6. The van der Waals surface area contributed by atoms with Crippen molar-refractivity contribution in [3.05, 3.63) is 193 Å². The summed E-state index contributed by atoms with van der Waals surface area (Å²) in [5, 5.41) is 11.4. The molecule has 9 aromatic rings. The van der Waals surface area contributed by atoms with Gasteiger partial charge in [0.05, 0.1) is 22.3 Å². The molecule has 0 unspecified atom stereocenters. The molecule has 0 radical (unpaired) electrons. The summed E-state index contributed by atoms with van der Waals surface area (Å²) in [4.78, 5) is 10.3. The number of hydrogen-bond donors (Lipinski definition) is 1. The number of aryl methyl sites for hydroxylation is 1. The number of benzene rings is 7. The van der Waals surface area contributed by atoms with Gasteiger partial charge in [0.15, 0.2) is 0 Å². The predicted octanol–water partition coefficient (Wildman–Crippen LogP) is 14.8. The van der Waals surface area contributed by atoms with E-state index in [-0.39, 0.29) is 43.2 Å². The van der Waals surface area contributed by atoms with E-state index in [2.05, 4.69) is 145 Å². The number of aromatic nitrogens is 3. The van der Waals surface area contributed by atoms with Crippen LogP contribution in [0.2, 0.25) is 0 Å². The van der Waals surface area contributed by atoms with E-state index in [0.717, 1.165) is 67.0 Å². The number of fused-ring (bicyclic) bond motifs is 1. The van der Waals surface area contributed by atoms with Crippen LogP contribution in [0.25, 0.3) is 83.9 Å². The molecule has 2 heterocycles. The maximum absolute atomic E-state index is 11.4. The number of pyridine rings is 1. The molecular formula is C57H50N3OPt-. The number of rotatable bonds is 7.